The van der Waals surface area contributed by atoms with E-state index in [-0.39, 0.29) is 17.1 Å². The van der Waals surface area contributed by atoms with Crippen LogP contribution in [-0.2, 0) is 11.3 Å². The van der Waals surface area contributed by atoms with Crippen molar-refractivity contribution in [3.63, 3.8) is 0 Å². The molecule has 3 rings (SSSR count). The van der Waals surface area contributed by atoms with Crippen molar-refractivity contribution in [1.82, 2.24) is 0 Å². The van der Waals surface area contributed by atoms with Crippen LogP contribution in [0.4, 0.5) is 13.2 Å². The fourth-order valence-corrected chi connectivity index (χ4v) is 3.76. The Hall–Kier alpha value is -2.01. The number of hydrogen-bond donors (Lipinski definition) is 0. The molecular formula is C23H27F3O2. The van der Waals surface area contributed by atoms with Gasteiger partial charge in [-0.15, -0.1) is 0 Å². The highest BCUT2D eigenvalue weighted by Crippen LogP contribution is 2.37. The third-order valence-electron chi connectivity index (χ3n) is 5.57. The summed E-state index contributed by atoms with van der Waals surface area (Å²) in [6, 6.07) is 8.42. The number of benzene rings is 2. The minimum absolute atomic E-state index is 0.0304. The van der Waals surface area contributed by atoms with E-state index in [4.69, 9.17) is 9.47 Å². The van der Waals surface area contributed by atoms with Crippen molar-refractivity contribution in [1.29, 1.82) is 0 Å². The van der Waals surface area contributed by atoms with Crippen LogP contribution in [0.15, 0.2) is 30.3 Å². The Kier molecular flexibility index (Phi) is 7.00. The lowest BCUT2D eigenvalue weighted by Gasteiger charge is -2.29. The Morgan fingerprint density at radius 1 is 0.964 bits per heavy atom. The second-order valence-electron chi connectivity index (χ2n) is 7.53. The monoisotopic (exact) mass is 392 g/mol. The van der Waals surface area contributed by atoms with Gasteiger partial charge in [-0.25, -0.2) is 8.78 Å². The summed E-state index contributed by atoms with van der Waals surface area (Å²) in [6.45, 7) is 4.64. The highest BCUT2D eigenvalue weighted by Gasteiger charge is 2.24. The Morgan fingerprint density at radius 3 is 2.39 bits per heavy atom. The summed E-state index contributed by atoms with van der Waals surface area (Å²) in [5, 5.41) is 0. The van der Waals surface area contributed by atoms with Crippen LogP contribution in [0.25, 0.3) is 0 Å². The average molecular weight is 392 g/mol. The zero-order chi connectivity index (χ0) is 20.1. The van der Waals surface area contributed by atoms with E-state index in [1.807, 2.05) is 19.1 Å². The van der Waals surface area contributed by atoms with Crippen molar-refractivity contribution in [2.75, 3.05) is 13.2 Å². The maximum Gasteiger partial charge on any atom is 0.200 e. The quantitative estimate of drug-likeness (QED) is 0.550. The summed E-state index contributed by atoms with van der Waals surface area (Å²) in [7, 11) is 0. The van der Waals surface area contributed by atoms with Crippen molar-refractivity contribution in [3.8, 4) is 5.75 Å². The van der Waals surface area contributed by atoms with E-state index >= 15 is 0 Å². The molecule has 1 fully saturated rings. The van der Waals surface area contributed by atoms with E-state index in [0.29, 0.717) is 37.2 Å². The molecule has 0 unspecified atom stereocenters. The molecule has 0 amide bonds. The summed E-state index contributed by atoms with van der Waals surface area (Å²) >= 11 is 0. The van der Waals surface area contributed by atoms with Gasteiger partial charge in [-0.1, -0.05) is 18.2 Å². The molecule has 2 nitrogen and oxygen atoms in total. The number of halogens is 3. The van der Waals surface area contributed by atoms with E-state index in [1.54, 1.807) is 6.07 Å². The van der Waals surface area contributed by atoms with E-state index in [9.17, 15) is 13.2 Å². The van der Waals surface area contributed by atoms with Gasteiger partial charge in [-0.2, -0.15) is 4.39 Å². The van der Waals surface area contributed by atoms with Gasteiger partial charge in [0.15, 0.2) is 11.6 Å². The van der Waals surface area contributed by atoms with Gasteiger partial charge in [0.25, 0.3) is 0 Å². The van der Waals surface area contributed by atoms with Crippen molar-refractivity contribution in [2.24, 2.45) is 5.92 Å². The molecule has 0 radical (unpaired) electrons. The molecule has 28 heavy (non-hydrogen) atoms. The number of rotatable bonds is 7. The molecule has 1 aliphatic rings. The molecule has 0 spiro atoms. The second kappa shape index (κ2) is 9.46. The SMILES string of the molecule is CCOCc1ccc(C2CCC(COc3ccc(C)c(F)c3F)CC2)cc1F. The van der Waals surface area contributed by atoms with Gasteiger partial charge in [-0.3, -0.25) is 0 Å². The zero-order valence-electron chi connectivity index (χ0n) is 16.4. The van der Waals surface area contributed by atoms with Gasteiger partial charge in [0.2, 0.25) is 5.82 Å². The number of aryl methyl sites for hydroxylation is 1. The molecule has 0 atom stereocenters. The molecule has 1 saturated carbocycles. The summed E-state index contributed by atoms with van der Waals surface area (Å²) in [5.41, 5.74) is 1.87. The second-order valence-corrected chi connectivity index (χ2v) is 7.53. The van der Waals surface area contributed by atoms with Crippen molar-refractivity contribution < 1.29 is 22.6 Å². The first kappa shape index (κ1) is 20.7. The van der Waals surface area contributed by atoms with Crippen LogP contribution >= 0.6 is 0 Å². The van der Waals surface area contributed by atoms with Gasteiger partial charge in [0, 0.05) is 12.2 Å². The number of hydrogen-bond acceptors (Lipinski definition) is 2. The molecule has 1 aliphatic carbocycles. The molecule has 0 aromatic heterocycles. The topological polar surface area (TPSA) is 18.5 Å². The van der Waals surface area contributed by atoms with Gasteiger partial charge < -0.3 is 9.47 Å². The maximum atomic E-state index is 14.2. The highest BCUT2D eigenvalue weighted by molar-refractivity contribution is 5.30. The first-order valence-electron chi connectivity index (χ1n) is 9.93. The lowest BCUT2D eigenvalue weighted by molar-refractivity contribution is 0.131. The van der Waals surface area contributed by atoms with Gasteiger partial charge in [0.1, 0.15) is 5.82 Å². The van der Waals surface area contributed by atoms with Crippen LogP contribution in [0, 0.1) is 30.3 Å². The molecule has 0 aliphatic heterocycles. The average Bonchev–Trinajstić information content (AvgIpc) is 2.71. The summed E-state index contributed by atoms with van der Waals surface area (Å²) in [6.07, 6.45) is 3.71. The maximum absolute atomic E-state index is 14.2. The standard InChI is InChI=1S/C23H27F3O2/c1-3-27-14-19-10-9-18(12-20(19)24)17-7-5-16(6-8-17)13-28-21-11-4-15(2)22(25)23(21)26/h4,9-12,16-17H,3,5-8,13-14H2,1-2H3. The van der Waals surface area contributed by atoms with Crippen LogP contribution in [0.2, 0.25) is 0 Å². The lowest BCUT2D eigenvalue weighted by atomic mass is 9.79. The molecule has 2 aromatic rings. The minimum atomic E-state index is -0.920. The Bertz CT molecular complexity index is 799. The summed E-state index contributed by atoms with van der Waals surface area (Å²) in [5.74, 6) is -1.40. The lowest BCUT2D eigenvalue weighted by Crippen LogP contribution is -2.20. The molecule has 0 N–H and O–H groups in total. The predicted molar refractivity (Wildman–Crippen MR) is 103 cm³/mol. The van der Waals surface area contributed by atoms with Crippen molar-refractivity contribution >= 4 is 0 Å². The summed E-state index contributed by atoms with van der Waals surface area (Å²) in [4.78, 5) is 0. The first-order valence-corrected chi connectivity index (χ1v) is 9.93. The van der Waals surface area contributed by atoms with Crippen LogP contribution in [0.5, 0.6) is 5.75 Å². The normalized spacial score (nSPS) is 19.6. The highest BCUT2D eigenvalue weighted by atomic mass is 19.2. The molecule has 2 aromatic carbocycles. The van der Waals surface area contributed by atoms with Crippen LogP contribution < -0.4 is 4.74 Å². The van der Waals surface area contributed by atoms with Crippen LogP contribution in [0.1, 0.15) is 55.2 Å². The first-order chi connectivity index (χ1) is 13.5. The van der Waals surface area contributed by atoms with Gasteiger partial charge in [0.05, 0.1) is 13.2 Å². The van der Waals surface area contributed by atoms with E-state index < -0.39 is 11.6 Å². The molecular weight excluding hydrogens is 365 g/mol. The minimum Gasteiger partial charge on any atom is -0.490 e. The van der Waals surface area contributed by atoms with E-state index in [2.05, 4.69) is 0 Å². The Morgan fingerprint density at radius 2 is 1.71 bits per heavy atom. The molecule has 0 saturated heterocycles. The van der Waals surface area contributed by atoms with Gasteiger partial charge >= 0.3 is 0 Å². The Balaban J connectivity index is 1.52. The van der Waals surface area contributed by atoms with Crippen LogP contribution in [-0.4, -0.2) is 13.2 Å². The van der Waals surface area contributed by atoms with Crippen molar-refractivity contribution in [3.05, 3.63) is 64.5 Å². The summed E-state index contributed by atoms with van der Waals surface area (Å²) < 4.78 is 52.6. The molecule has 0 bridgehead atoms. The largest absolute Gasteiger partial charge is 0.490 e. The van der Waals surface area contributed by atoms with E-state index in [1.165, 1.54) is 19.1 Å². The third-order valence-corrected chi connectivity index (χ3v) is 5.57. The smallest absolute Gasteiger partial charge is 0.200 e. The van der Waals surface area contributed by atoms with Gasteiger partial charge in [-0.05, 0) is 74.6 Å². The van der Waals surface area contributed by atoms with Crippen molar-refractivity contribution in [2.45, 2.75) is 52.1 Å². The predicted octanol–water partition coefficient (Wildman–Crippen LogP) is 6.30. The molecule has 0 heterocycles. The third kappa shape index (κ3) is 4.88. The fourth-order valence-electron chi connectivity index (χ4n) is 3.76. The molecule has 152 valence electrons. The zero-order valence-corrected chi connectivity index (χ0v) is 16.4. The molecule has 5 heteroatoms. The van der Waals surface area contributed by atoms with E-state index in [0.717, 1.165) is 31.2 Å². The fraction of sp³-hybridized carbons (Fsp3) is 0.478. The Labute approximate surface area is 164 Å². The number of ether oxygens (including phenoxy) is 2. The van der Waals surface area contributed by atoms with Crippen LogP contribution in [0.3, 0.4) is 0 Å².